The summed E-state index contributed by atoms with van der Waals surface area (Å²) >= 11 is 8.26. The van der Waals surface area contributed by atoms with Gasteiger partial charge in [-0.25, -0.2) is 0 Å². The van der Waals surface area contributed by atoms with Crippen molar-refractivity contribution in [2.45, 2.75) is 32.6 Å². The normalized spacial score (nSPS) is 18.3. The van der Waals surface area contributed by atoms with Gasteiger partial charge >= 0.3 is 0 Å². The molecule has 1 aliphatic rings. The summed E-state index contributed by atoms with van der Waals surface area (Å²) in [5.74, 6) is 0.0366. The molecule has 0 radical (unpaired) electrons. The standard InChI is InChI=1S/C12H15Br2NOS/c1-12(4-2-3-5-12)7-15-11(16)9-6-8(13)10(14)17-9/h6H,2-5,7H2,1H3,(H,15,16). The molecule has 2 rings (SSSR count). The molecule has 17 heavy (non-hydrogen) atoms. The highest BCUT2D eigenvalue weighted by Crippen LogP contribution is 2.37. The molecular formula is C12H15Br2NOS. The molecule has 1 aromatic rings. The Kier molecular flexibility index (Phi) is 4.31. The van der Waals surface area contributed by atoms with Crippen LogP contribution < -0.4 is 5.32 Å². The molecule has 1 amide bonds. The fourth-order valence-corrected chi connectivity index (χ4v) is 4.20. The zero-order chi connectivity index (χ0) is 12.5. The predicted octanol–water partition coefficient (Wildman–Crippen LogP) is 4.58. The first kappa shape index (κ1) is 13.6. The third kappa shape index (κ3) is 3.32. The van der Waals surface area contributed by atoms with Crippen LogP contribution in [0.25, 0.3) is 0 Å². The van der Waals surface area contributed by atoms with Gasteiger partial charge in [0, 0.05) is 11.0 Å². The fourth-order valence-electron chi connectivity index (χ4n) is 2.24. The average Bonchev–Trinajstić information content (AvgIpc) is 2.85. The van der Waals surface area contributed by atoms with Crippen molar-refractivity contribution in [1.82, 2.24) is 5.32 Å². The van der Waals surface area contributed by atoms with Gasteiger partial charge in [-0.2, -0.15) is 0 Å². The van der Waals surface area contributed by atoms with Gasteiger partial charge in [0.25, 0.3) is 5.91 Å². The van der Waals surface area contributed by atoms with Crippen LogP contribution in [0.3, 0.4) is 0 Å². The second-order valence-corrected chi connectivity index (χ2v) is 8.16. The number of nitrogens with one attached hydrogen (secondary N) is 1. The first-order valence-corrected chi connectivity index (χ1v) is 8.13. The quantitative estimate of drug-likeness (QED) is 0.816. The Hall–Kier alpha value is 0.130. The van der Waals surface area contributed by atoms with E-state index in [0.717, 1.165) is 19.7 Å². The van der Waals surface area contributed by atoms with Crippen LogP contribution in [0.15, 0.2) is 14.3 Å². The number of hydrogen-bond donors (Lipinski definition) is 1. The maximum atomic E-state index is 12.0. The van der Waals surface area contributed by atoms with Crippen LogP contribution in [-0.4, -0.2) is 12.5 Å². The van der Waals surface area contributed by atoms with Gasteiger partial charge in [0.2, 0.25) is 0 Å². The van der Waals surface area contributed by atoms with Gasteiger partial charge < -0.3 is 5.32 Å². The summed E-state index contributed by atoms with van der Waals surface area (Å²) in [7, 11) is 0. The van der Waals surface area contributed by atoms with Crippen LogP contribution in [0.1, 0.15) is 42.3 Å². The van der Waals surface area contributed by atoms with Crippen LogP contribution in [0.5, 0.6) is 0 Å². The van der Waals surface area contributed by atoms with Crippen molar-refractivity contribution in [3.05, 3.63) is 19.2 Å². The molecule has 0 atom stereocenters. The molecule has 2 nitrogen and oxygen atoms in total. The topological polar surface area (TPSA) is 29.1 Å². The number of halogens is 2. The summed E-state index contributed by atoms with van der Waals surface area (Å²) in [5, 5.41) is 3.05. The highest BCUT2D eigenvalue weighted by atomic mass is 79.9. The number of thiophene rings is 1. The lowest BCUT2D eigenvalue weighted by molar-refractivity contribution is 0.0938. The Labute approximate surface area is 122 Å². The van der Waals surface area contributed by atoms with Gasteiger partial charge in [-0.1, -0.05) is 19.8 Å². The summed E-state index contributed by atoms with van der Waals surface area (Å²) in [4.78, 5) is 12.7. The van der Waals surface area contributed by atoms with Crippen molar-refractivity contribution >= 4 is 49.1 Å². The molecule has 0 bridgehead atoms. The summed E-state index contributed by atoms with van der Waals surface area (Å²) in [6, 6.07) is 1.86. The smallest absolute Gasteiger partial charge is 0.261 e. The van der Waals surface area contributed by atoms with Crippen molar-refractivity contribution in [1.29, 1.82) is 0 Å². The van der Waals surface area contributed by atoms with Gasteiger partial charge in [0.1, 0.15) is 0 Å². The van der Waals surface area contributed by atoms with Crippen molar-refractivity contribution in [3.63, 3.8) is 0 Å². The van der Waals surface area contributed by atoms with Crippen molar-refractivity contribution < 1.29 is 4.79 Å². The van der Waals surface area contributed by atoms with Crippen LogP contribution in [0, 0.1) is 5.41 Å². The molecule has 0 aliphatic heterocycles. The molecule has 1 aliphatic carbocycles. The highest BCUT2D eigenvalue weighted by molar-refractivity contribution is 9.13. The lowest BCUT2D eigenvalue weighted by atomic mass is 9.89. The molecule has 1 fully saturated rings. The summed E-state index contributed by atoms with van der Waals surface area (Å²) < 4.78 is 1.91. The highest BCUT2D eigenvalue weighted by Gasteiger charge is 2.29. The van der Waals surface area contributed by atoms with E-state index >= 15 is 0 Å². The number of hydrogen-bond acceptors (Lipinski definition) is 2. The van der Waals surface area contributed by atoms with Crippen molar-refractivity contribution in [2.24, 2.45) is 5.41 Å². The molecule has 1 saturated carbocycles. The van der Waals surface area contributed by atoms with E-state index in [1.54, 1.807) is 0 Å². The van der Waals surface area contributed by atoms with E-state index < -0.39 is 0 Å². The number of carbonyl (C=O) groups is 1. The fraction of sp³-hybridized carbons (Fsp3) is 0.583. The molecule has 0 spiro atoms. The molecule has 1 aromatic heterocycles. The molecule has 0 unspecified atom stereocenters. The Bertz CT molecular complexity index is 405. The van der Waals surface area contributed by atoms with Crippen molar-refractivity contribution in [2.75, 3.05) is 6.54 Å². The van der Waals surface area contributed by atoms with E-state index in [2.05, 4.69) is 44.1 Å². The molecule has 1 heterocycles. The number of carbonyl (C=O) groups excluding carboxylic acids is 1. The predicted molar refractivity (Wildman–Crippen MR) is 78.6 cm³/mol. The van der Waals surface area contributed by atoms with E-state index in [1.165, 1.54) is 37.0 Å². The summed E-state index contributed by atoms with van der Waals surface area (Å²) in [6.45, 7) is 3.06. The van der Waals surface area contributed by atoms with Crippen molar-refractivity contribution in [3.8, 4) is 0 Å². The summed E-state index contributed by atoms with van der Waals surface area (Å²) in [6.07, 6.45) is 5.04. The monoisotopic (exact) mass is 379 g/mol. The molecular weight excluding hydrogens is 366 g/mol. The third-order valence-electron chi connectivity index (χ3n) is 3.36. The van der Waals surface area contributed by atoms with E-state index in [-0.39, 0.29) is 5.91 Å². The maximum Gasteiger partial charge on any atom is 0.261 e. The summed E-state index contributed by atoms with van der Waals surface area (Å²) in [5.41, 5.74) is 0.307. The Balaban J connectivity index is 1.93. The molecule has 94 valence electrons. The van der Waals surface area contributed by atoms with E-state index in [4.69, 9.17) is 0 Å². The van der Waals surface area contributed by atoms with E-state index in [0.29, 0.717) is 5.41 Å². The minimum absolute atomic E-state index is 0.0366. The average molecular weight is 381 g/mol. The number of amides is 1. The van der Waals surface area contributed by atoms with Crippen LogP contribution in [-0.2, 0) is 0 Å². The van der Waals surface area contributed by atoms with Crippen LogP contribution in [0.4, 0.5) is 0 Å². The first-order chi connectivity index (χ1) is 8.00. The molecule has 1 N–H and O–H groups in total. The zero-order valence-corrected chi connectivity index (χ0v) is 13.7. The second kappa shape index (κ2) is 5.41. The van der Waals surface area contributed by atoms with Gasteiger partial charge in [-0.15, -0.1) is 11.3 Å². The van der Waals surface area contributed by atoms with Gasteiger partial charge in [0.15, 0.2) is 0 Å². The largest absolute Gasteiger partial charge is 0.351 e. The van der Waals surface area contributed by atoms with E-state index in [1.807, 2.05) is 6.07 Å². The van der Waals surface area contributed by atoms with Crippen LogP contribution in [0.2, 0.25) is 0 Å². The SMILES string of the molecule is CC1(CNC(=O)c2cc(Br)c(Br)s2)CCCC1. The minimum Gasteiger partial charge on any atom is -0.351 e. The zero-order valence-electron chi connectivity index (χ0n) is 9.69. The van der Waals surface area contributed by atoms with Crippen LogP contribution >= 0.6 is 43.2 Å². The maximum absolute atomic E-state index is 12.0. The second-order valence-electron chi connectivity index (χ2n) is 4.93. The minimum atomic E-state index is 0.0366. The Morgan fingerprint density at radius 2 is 2.12 bits per heavy atom. The number of rotatable bonds is 3. The lowest BCUT2D eigenvalue weighted by Crippen LogP contribution is -2.33. The van der Waals surface area contributed by atoms with Gasteiger partial charge in [-0.3, -0.25) is 4.79 Å². The van der Waals surface area contributed by atoms with Gasteiger partial charge in [0.05, 0.1) is 8.66 Å². The third-order valence-corrected chi connectivity index (χ3v) is 6.61. The first-order valence-electron chi connectivity index (χ1n) is 5.73. The van der Waals surface area contributed by atoms with E-state index in [9.17, 15) is 4.79 Å². The molecule has 0 aromatic carbocycles. The molecule has 0 saturated heterocycles. The Morgan fingerprint density at radius 1 is 1.47 bits per heavy atom. The molecule has 5 heteroatoms. The lowest BCUT2D eigenvalue weighted by Gasteiger charge is -2.23. The Morgan fingerprint density at radius 3 is 2.65 bits per heavy atom. The van der Waals surface area contributed by atoms with Gasteiger partial charge in [-0.05, 0) is 56.2 Å².